The number of anilines is 2. The average Bonchev–Trinajstić information content (AvgIpc) is 3.31. The summed E-state index contributed by atoms with van der Waals surface area (Å²) < 4.78 is 0. The van der Waals surface area contributed by atoms with Crippen LogP contribution >= 0.6 is 22.7 Å². The van der Waals surface area contributed by atoms with Crippen LogP contribution in [0.15, 0.2) is 0 Å². The van der Waals surface area contributed by atoms with E-state index in [1.54, 1.807) is 0 Å². The Kier molecular flexibility index (Phi) is 7.70. The van der Waals surface area contributed by atoms with Gasteiger partial charge >= 0.3 is 0 Å². The number of rotatable bonds is 7. The van der Waals surface area contributed by atoms with E-state index >= 15 is 0 Å². The minimum absolute atomic E-state index is 0.115. The van der Waals surface area contributed by atoms with E-state index in [-0.39, 0.29) is 11.8 Å². The van der Waals surface area contributed by atoms with Crippen LogP contribution < -0.4 is 10.6 Å². The predicted octanol–water partition coefficient (Wildman–Crippen LogP) is 5.94. The van der Waals surface area contributed by atoms with Crippen LogP contribution in [0.5, 0.6) is 0 Å². The number of nitriles is 2. The molecule has 2 aliphatic carbocycles. The molecule has 0 radical (unpaired) electrons. The van der Waals surface area contributed by atoms with Gasteiger partial charge < -0.3 is 10.6 Å². The van der Waals surface area contributed by atoms with Gasteiger partial charge in [-0.05, 0) is 74.3 Å². The lowest BCUT2D eigenvalue weighted by Crippen LogP contribution is -2.13. The Morgan fingerprint density at radius 1 is 0.824 bits per heavy atom. The smallest absolute Gasteiger partial charge is 0.225 e. The molecule has 0 unspecified atom stereocenters. The molecule has 0 saturated carbocycles. The van der Waals surface area contributed by atoms with Crippen molar-refractivity contribution in [2.75, 3.05) is 10.6 Å². The Balaban J connectivity index is 1.25. The number of fused-ring (bicyclic) bond motifs is 2. The highest BCUT2D eigenvalue weighted by atomic mass is 32.1. The standard InChI is InChI=1S/C26H30N4O2S2/c1-15-7-9-17-19(13-27)25(33-21(17)11-15)29-23(31)5-3-4-6-24(32)30-26-20(14-28)18-10-8-16(2)12-22(18)34-26/h15-16H,3-12H2,1-2H3,(H,29,31)(H,30,32)/t15-,16+. The molecule has 2 aliphatic rings. The van der Waals surface area contributed by atoms with Gasteiger partial charge in [0.1, 0.15) is 22.1 Å². The summed E-state index contributed by atoms with van der Waals surface area (Å²) in [5.74, 6) is 0.991. The van der Waals surface area contributed by atoms with Gasteiger partial charge in [0.05, 0.1) is 11.1 Å². The van der Waals surface area contributed by atoms with Crippen molar-refractivity contribution in [3.05, 3.63) is 32.0 Å². The van der Waals surface area contributed by atoms with E-state index in [0.717, 1.165) is 49.7 Å². The molecule has 0 fully saturated rings. The SMILES string of the molecule is C[C@@H]1CCc2c(sc(NC(=O)CCCCC(=O)Nc3sc4c(c3C#N)CC[C@H](C)C4)c2C#N)C1. The number of nitrogens with one attached hydrogen (secondary N) is 2. The van der Waals surface area contributed by atoms with Crippen LogP contribution in [0.4, 0.5) is 10.0 Å². The highest BCUT2D eigenvalue weighted by molar-refractivity contribution is 7.17. The molecule has 0 aliphatic heterocycles. The molecule has 2 atom stereocenters. The summed E-state index contributed by atoms with van der Waals surface area (Å²) in [7, 11) is 0. The van der Waals surface area contributed by atoms with E-state index in [1.807, 2.05) is 0 Å². The van der Waals surface area contributed by atoms with Crippen LogP contribution in [0.25, 0.3) is 0 Å². The third-order valence-electron chi connectivity index (χ3n) is 6.81. The number of carbonyl (C=O) groups excluding carboxylic acids is 2. The number of amides is 2. The first-order valence-electron chi connectivity index (χ1n) is 12.1. The molecular weight excluding hydrogens is 464 g/mol. The second kappa shape index (κ2) is 10.7. The summed E-state index contributed by atoms with van der Waals surface area (Å²) in [6, 6.07) is 4.56. The molecule has 4 rings (SSSR count). The van der Waals surface area contributed by atoms with Crippen molar-refractivity contribution in [1.29, 1.82) is 10.5 Å². The second-order valence-corrected chi connectivity index (χ2v) is 11.8. The summed E-state index contributed by atoms with van der Waals surface area (Å²) in [4.78, 5) is 27.4. The quantitative estimate of drug-likeness (QED) is 0.465. The molecule has 0 saturated heterocycles. The van der Waals surface area contributed by atoms with E-state index < -0.39 is 0 Å². The number of nitrogens with zero attached hydrogens (tertiary/aromatic N) is 2. The van der Waals surface area contributed by atoms with E-state index in [2.05, 4.69) is 36.6 Å². The minimum Gasteiger partial charge on any atom is -0.317 e. The maximum absolute atomic E-state index is 12.5. The van der Waals surface area contributed by atoms with E-state index in [1.165, 1.54) is 32.4 Å². The summed E-state index contributed by atoms with van der Waals surface area (Å²) >= 11 is 3.07. The van der Waals surface area contributed by atoms with Crippen molar-refractivity contribution >= 4 is 44.5 Å². The summed E-state index contributed by atoms with van der Waals surface area (Å²) in [6.45, 7) is 4.44. The largest absolute Gasteiger partial charge is 0.317 e. The van der Waals surface area contributed by atoms with E-state index in [0.29, 0.717) is 58.6 Å². The zero-order chi connectivity index (χ0) is 24.2. The molecule has 2 N–H and O–H groups in total. The molecule has 6 nitrogen and oxygen atoms in total. The Bertz CT molecular complexity index is 1090. The topological polar surface area (TPSA) is 106 Å². The zero-order valence-corrected chi connectivity index (χ0v) is 21.4. The normalized spacial score (nSPS) is 18.8. The summed E-state index contributed by atoms with van der Waals surface area (Å²) in [5, 5.41) is 26.4. The van der Waals surface area contributed by atoms with Crippen molar-refractivity contribution < 1.29 is 9.59 Å². The average molecular weight is 495 g/mol. The molecule has 0 spiro atoms. The van der Waals surface area contributed by atoms with Gasteiger partial charge in [-0.25, -0.2) is 0 Å². The lowest BCUT2D eigenvalue weighted by atomic mass is 9.88. The van der Waals surface area contributed by atoms with E-state index in [4.69, 9.17) is 0 Å². The highest BCUT2D eigenvalue weighted by Gasteiger charge is 2.26. The van der Waals surface area contributed by atoms with E-state index in [9.17, 15) is 20.1 Å². The number of hydrogen-bond donors (Lipinski definition) is 2. The fourth-order valence-corrected chi connectivity index (χ4v) is 7.62. The van der Waals surface area contributed by atoms with Gasteiger partial charge in [0, 0.05) is 22.6 Å². The van der Waals surface area contributed by atoms with Crippen LogP contribution in [0, 0.1) is 34.5 Å². The van der Waals surface area contributed by atoms with Crippen molar-refractivity contribution in [1.82, 2.24) is 0 Å². The molecule has 34 heavy (non-hydrogen) atoms. The fraction of sp³-hybridized carbons (Fsp3) is 0.538. The third kappa shape index (κ3) is 5.35. The van der Waals surface area contributed by atoms with Crippen LogP contribution in [0.3, 0.4) is 0 Å². The Morgan fingerprint density at radius 2 is 1.24 bits per heavy atom. The van der Waals surface area contributed by atoms with Crippen molar-refractivity contribution in [2.45, 2.75) is 78.1 Å². The summed E-state index contributed by atoms with van der Waals surface area (Å²) in [5.41, 5.74) is 3.47. The van der Waals surface area contributed by atoms with Gasteiger partial charge in [-0.2, -0.15) is 10.5 Å². The fourth-order valence-electron chi connectivity index (χ4n) is 4.86. The number of hydrogen-bond acceptors (Lipinski definition) is 6. The van der Waals surface area contributed by atoms with Gasteiger partial charge in [0.2, 0.25) is 11.8 Å². The Hall–Kier alpha value is -2.68. The molecule has 8 heteroatoms. The monoisotopic (exact) mass is 494 g/mol. The molecule has 2 amide bonds. The van der Waals surface area contributed by atoms with Gasteiger partial charge in [0.15, 0.2) is 0 Å². The van der Waals surface area contributed by atoms with Crippen LogP contribution in [0.2, 0.25) is 0 Å². The van der Waals surface area contributed by atoms with Crippen molar-refractivity contribution in [3.63, 3.8) is 0 Å². The Morgan fingerprint density at radius 3 is 1.62 bits per heavy atom. The molecular formula is C26H30N4O2S2. The maximum Gasteiger partial charge on any atom is 0.225 e. The van der Waals surface area contributed by atoms with Crippen LogP contribution in [-0.4, -0.2) is 11.8 Å². The molecule has 0 bridgehead atoms. The molecule has 2 heterocycles. The number of unbranched alkanes of at least 4 members (excludes halogenated alkanes) is 1. The maximum atomic E-state index is 12.5. The lowest BCUT2D eigenvalue weighted by molar-refractivity contribution is -0.118. The third-order valence-corrected chi connectivity index (χ3v) is 9.15. The Labute approximate surface area is 209 Å². The molecule has 0 aromatic carbocycles. The zero-order valence-electron chi connectivity index (χ0n) is 19.8. The molecule has 178 valence electrons. The van der Waals surface area contributed by atoms with Gasteiger partial charge in [-0.15, -0.1) is 22.7 Å². The number of carbonyl (C=O) groups is 2. The van der Waals surface area contributed by atoms with Crippen molar-refractivity contribution in [2.24, 2.45) is 11.8 Å². The molecule has 2 aromatic heterocycles. The van der Waals surface area contributed by atoms with Gasteiger partial charge in [0.25, 0.3) is 0 Å². The van der Waals surface area contributed by atoms with Crippen LogP contribution in [0.1, 0.15) is 84.4 Å². The summed E-state index contributed by atoms with van der Waals surface area (Å²) in [6.07, 6.45) is 7.71. The first-order chi connectivity index (χ1) is 16.4. The van der Waals surface area contributed by atoms with Gasteiger partial charge in [-0.3, -0.25) is 9.59 Å². The molecule has 2 aromatic rings. The highest BCUT2D eigenvalue weighted by Crippen LogP contribution is 2.40. The predicted molar refractivity (Wildman–Crippen MR) is 136 cm³/mol. The first kappa shape index (κ1) is 24.4. The first-order valence-corrected chi connectivity index (χ1v) is 13.7. The van der Waals surface area contributed by atoms with Crippen molar-refractivity contribution in [3.8, 4) is 12.1 Å². The second-order valence-electron chi connectivity index (χ2n) is 9.64. The number of thiophene rings is 2. The lowest BCUT2D eigenvalue weighted by Gasteiger charge is -2.17. The minimum atomic E-state index is -0.115. The van der Waals surface area contributed by atoms with Gasteiger partial charge in [-0.1, -0.05) is 13.8 Å². The van der Waals surface area contributed by atoms with Crippen LogP contribution in [-0.2, 0) is 35.3 Å².